The molecule has 2 heterocycles. The van der Waals surface area contributed by atoms with E-state index in [4.69, 9.17) is 20.9 Å². The van der Waals surface area contributed by atoms with Crippen molar-refractivity contribution in [3.8, 4) is 34.6 Å². The van der Waals surface area contributed by atoms with Gasteiger partial charge in [0.1, 0.15) is 11.5 Å². The molecule has 4 rings (SSSR count). The number of anilines is 1. The summed E-state index contributed by atoms with van der Waals surface area (Å²) in [6.45, 7) is 2.93. The van der Waals surface area contributed by atoms with Gasteiger partial charge in [0.25, 0.3) is 5.91 Å². The first-order valence-electron chi connectivity index (χ1n) is 10.9. The number of piperidine rings is 1. The molecular weight excluding hydrogens is 412 g/mol. The van der Waals surface area contributed by atoms with Crippen molar-refractivity contribution in [2.45, 2.75) is 25.7 Å². The molecule has 1 fully saturated rings. The molecular formula is C27H26N4O2. The Labute approximate surface area is 193 Å². The van der Waals surface area contributed by atoms with Gasteiger partial charge >= 0.3 is 0 Å². The molecule has 1 unspecified atom stereocenters. The molecule has 1 aliphatic heterocycles. The lowest BCUT2D eigenvalue weighted by molar-refractivity contribution is -0.126. The van der Waals surface area contributed by atoms with E-state index in [1.54, 1.807) is 11.8 Å². The fraction of sp³-hybridized carbons (Fsp3) is 0.222. The van der Waals surface area contributed by atoms with Crippen molar-refractivity contribution in [3.63, 3.8) is 0 Å². The molecule has 166 valence electrons. The van der Waals surface area contributed by atoms with E-state index >= 15 is 0 Å². The Morgan fingerprint density at radius 3 is 2.61 bits per heavy atom. The molecule has 0 radical (unpaired) electrons. The van der Waals surface area contributed by atoms with Gasteiger partial charge in [-0.05, 0) is 68.2 Å². The zero-order valence-corrected chi connectivity index (χ0v) is 18.5. The van der Waals surface area contributed by atoms with Crippen LogP contribution in [0.15, 0.2) is 60.7 Å². The molecule has 3 aromatic rings. The lowest BCUT2D eigenvalue weighted by atomic mass is 9.92. The van der Waals surface area contributed by atoms with Crippen LogP contribution >= 0.6 is 0 Å². The Hall–Kier alpha value is -4.11. The van der Waals surface area contributed by atoms with E-state index in [0.29, 0.717) is 35.8 Å². The van der Waals surface area contributed by atoms with Gasteiger partial charge < -0.3 is 20.8 Å². The van der Waals surface area contributed by atoms with Crippen LogP contribution in [0.1, 0.15) is 36.9 Å². The topological polar surface area (TPSA) is 92.3 Å². The van der Waals surface area contributed by atoms with Gasteiger partial charge in [0.2, 0.25) is 0 Å². The summed E-state index contributed by atoms with van der Waals surface area (Å²) >= 11 is 0. The predicted molar refractivity (Wildman–Crippen MR) is 130 cm³/mol. The van der Waals surface area contributed by atoms with E-state index in [9.17, 15) is 4.79 Å². The fourth-order valence-corrected chi connectivity index (χ4v) is 4.04. The molecule has 2 aromatic carbocycles. The Bertz CT molecular complexity index is 1210. The molecule has 1 aromatic heterocycles. The van der Waals surface area contributed by atoms with Gasteiger partial charge in [0, 0.05) is 42.0 Å². The molecule has 1 atom stereocenters. The van der Waals surface area contributed by atoms with Crippen LogP contribution in [0.25, 0.3) is 11.3 Å². The summed E-state index contributed by atoms with van der Waals surface area (Å²) < 4.78 is 5.88. The Morgan fingerprint density at radius 2 is 1.91 bits per heavy atom. The average Bonchev–Trinajstić information content (AvgIpc) is 2.86. The van der Waals surface area contributed by atoms with E-state index < -0.39 is 0 Å². The minimum Gasteiger partial charge on any atom is -0.457 e. The number of likely N-dealkylation sites (tertiary alicyclic amines) is 1. The lowest BCUT2D eigenvalue weighted by Crippen LogP contribution is -2.38. The van der Waals surface area contributed by atoms with Crippen molar-refractivity contribution in [1.29, 1.82) is 5.41 Å². The number of nitrogen functional groups attached to an aromatic ring is 1. The molecule has 0 aliphatic carbocycles. The molecule has 1 saturated heterocycles. The number of rotatable bonds is 5. The predicted octanol–water partition coefficient (Wildman–Crippen LogP) is 4.85. The van der Waals surface area contributed by atoms with Crippen molar-refractivity contribution in [2.24, 2.45) is 0 Å². The van der Waals surface area contributed by atoms with Gasteiger partial charge in [-0.3, -0.25) is 9.78 Å². The summed E-state index contributed by atoms with van der Waals surface area (Å²) in [7, 11) is 0. The van der Waals surface area contributed by atoms with E-state index in [0.717, 1.165) is 29.8 Å². The maximum atomic E-state index is 12.3. The summed E-state index contributed by atoms with van der Waals surface area (Å²) in [6.07, 6.45) is 3.06. The van der Waals surface area contributed by atoms with Crippen molar-refractivity contribution >= 4 is 17.8 Å². The van der Waals surface area contributed by atoms with E-state index in [-0.39, 0.29) is 11.8 Å². The average molecular weight is 439 g/mol. The van der Waals surface area contributed by atoms with E-state index in [1.807, 2.05) is 60.7 Å². The van der Waals surface area contributed by atoms with Crippen LogP contribution in [0.3, 0.4) is 0 Å². The van der Waals surface area contributed by atoms with E-state index in [2.05, 4.69) is 11.8 Å². The monoisotopic (exact) mass is 438 g/mol. The minimum atomic E-state index is -0.154. The Kier molecular flexibility index (Phi) is 6.70. The third kappa shape index (κ3) is 5.04. The van der Waals surface area contributed by atoms with Gasteiger partial charge in [-0.15, -0.1) is 0 Å². The highest BCUT2D eigenvalue weighted by molar-refractivity contribution is 5.93. The molecule has 3 N–H and O–H groups in total. The number of benzene rings is 2. The van der Waals surface area contributed by atoms with Crippen molar-refractivity contribution in [2.75, 3.05) is 18.8 Å². The first-order valence-corrected chi connectivity index (χ1v) is 10.9. The molecule has 1 aliphatic rings. The second-order valence-corrected chi connectivity index (χ2v) is 7.95. The highest BCUT2D eigenvalue weighted by Gasteiger charge is 2.26. The van der Waals surface area contributed by atoms with Gasteiger partial charge in [0.15, 0.2) is 0 Å². The first-order chi connectivity index (χ1) is 16.1. The molecule has 0 saturated carbocycles. The number of nitrogens with two attached hydrogens (primary N) is 1. The number of nitrogens with one attached hydrogen (secondary N) is 1. The third-order valence-corrected chi connectivity index (χ3v) is 5.73. The van der Waals surface area contributed by atoms with Gasteiger partial charge in [0.05, 0.1) is 11.4 Å². The molecule has 6 heteroatoms. The Balaban J connectivity index is 1.62. The first kappa shape index (κ1) is 22.1. The maximum Gasteiger partial charge on any atom is 0.298 e. The van der Waals surface area contributed by atoms with Crippen molar-refractivity contribution < 1.29 is 9.53 Å². The quantitative estimate of drug-likeness (QED) is 0.440. The fourth-order valence-electron chi connectivity index (χ4n) is 4.04. The van der Waals surface area contributed by atoms with Gasteiger partial charge in [-0.25, -0.2) is 0 Å². The van der Waals surface area contributed by atoms with Gasteiger partial charge in [-0.1, -0.05) is 24.1 Å². The summed E-state index contributed by atoms with van der Waals surface area (Å²) in [5.74, 6) is 6.70. The van der Waals surface area contributed by atoms with E-state index in [1.165, 1.54) is 6.21 Å². The van der Waals surface area contributed by atoms with Crippen LogP contribution in [-0.4, -0.2) is 35.1 Å². The minimum absolute atomic E-state index is 0.0695. The second kappa shape index (κ2) is 10.0. The van der Waals surface area contributed by atoms with Crippen molar-refractivity contribution in [1.82, 2.24) is 9.88 Å². The Morgan fingerprint density at radius 1 is 1.18 bits per heavy atom. The highest BCUT2D eigenvalue weighted by atomic mass is 16.5. The highest BCUT2D eigenvalue weighted by Crippen LogP contribution is 2.33. The van der Waals surface area contributed by atoms with Crippen LogP contribution in [-0.2, 0) is 4.79 Å². The van der Waals surface area contributed by atoms with Crippen LogP contribution in [0.4, 0.5) is 5.69 Å². The number of ether oxygens (including phenoxy) is 1. The summed E-state index contributed by atoms with van der Waals surface area (Å²) in [4.78, 5) is 18.9. The maximum absolute atomic E-state index is 12.3. The molecule has 0 spiro atoms. The standard InChI is InChI=1S/C27H26N4O2/c1-2-7-25(32)31-15-6-8-20(18-31)24-16-21(17-28)26(29)27(30-24)19-11-13-23(14-12-19)33-22-9-4-3-5-10-22/h3-5,9-14,16-17,20,28H,6,8,15,18,29H2,1H3. The number of para-hydroxylation sites is 1. The largest absolute Gasteiger partial charge is 0.457 e. The summed E-state index contributed by atoms with van der Waals surface area (Å²) in [5.41, 5.74) is 9.78. The number of hydrogen-bond donors (Lipinski definition) is 2. The number of aromatic nitrogens is 1. The number of nitrogens with zero attached hydrogens (tertiary/aromatic N) is 2. The third-order valence-electron chi connectivity index (χ3n) is 5.73. The lowest BCUT2D eigenvalue weighted by Gasteiger charge is -2.31. The number of hydrogen-bond acceptors (Lipinski definition) is 5. The van der Waals surface area contributed by atoms with Crippen molar-refractivity contribution in [3.05, 3.63) is 71.9 Å². The molecule has 1 amide bonds. The zero-order chi connectivity index (χ0) is 23.2. The second-order valence-electron chi connectivity index (χ2n) is 7.95. The van der Waals surface area contributed by atoms with Crippen LogP contribution < -0.4 is 10.5 Å². The number of amides is 1. The smallest absolute Gasteiger partial charge is 0.298 e. The number of pyridine rings is 1. The van der Waals surface area contributed by atoms with Crippen LogP contribution in [0.2, 0.25) is 0 Å². The van der Waals surface area contributed by atoms with Gasteiger partial charge in [-0.2, -0.15) is 0 Å². The zero-order valence-electron chi connectivity index (χ0n) is 18.5. The summed E-state index contributed by atoms with van der Waals surface area (Å²) in [5, 5.41) is 7.84. The SMILES string of the molecule is CC#CC(=O)N1CCCC(c2cc(C=N)c(N)c(-c3ccc(Oc4ccccc4)cc3)n2)C1. The summed E-state index contributed by atoms with van der Waals surface area (Å²) in [6, 6.07) is 19.1. The normalized spacial score (nSPS) is 15.3. The molecule has 6 nitrogen and oxygen atoms in total. The number of carbonyl (C=O) groups is 1. The molecule has 33 heavy (non-hydrogen) atoms. The van der Waals surface area contributed by atoms with Crippen LogP contribution in [0, 0.1) is 17.3 Å². The number of carbonyl (C=O) groups excluding carboxylic acids is 1. The molecule has 0 bridgehead atoms. The van der Waals surface area contributed by atoms with Crippen LogP contribution in [0.5, 0.6) is 11.5 Å².